The van der Waals surface area contributed by atoms with Gasteiger partial charge in [-0.05, 0) is 40.2 Å². The van der Waals surface area contributed by atoms with Gasteiger partial charge in [0.05, 0.1) is 19.3 Å². The molecule has 0 fully saturated rings. The van der Waals surface area contributed by atoms with Crippen LogP contribution >= 0.6 is 31.9 Å². The summed E-state index contributed by atoms with van der Waals surface area (Å²) in [5.74, 6) is 0.814. The van der Waals surface area contributed by atoms with Crippen LogP contribution in [0.4, 0.5) is 5.69 Å². The van der Waals surface area contributed by atoms with Crippen molar-refractivity contribution in [3.8, 4) is 5.75 Å². The number of benzene rings is 1. The lowest BCUT2D eigenvalue weighted by atomic mass is 10.3. The number of hydrogen-bond donors (Lipinski definition) is 1. The summed E-state index contributed by atoms with van der Waals surface area (Å²) in [6.07, 6.45) is 0. The number of nitrogens with zero attached hydrogens (tertiary/aromatic N) is 1. The quantitative estimate of drug-likeness (QED) is 0.816. The standard InChI is InChI=1S/C13H12Br2N2O/c1-18-12-6-9(14)5-11(7-12)16-8-10-3-2-4-13(15)17-10/h2-7,16H,8H2,1H3. The van der Waals surface area contributed by atoms with Crippen LogP contribution in [0.2, 0.25) is 0 Å². The smallest absolute Gasteiger partial charge is 0.122 e. The van der Waals surface area contributed by atoms with Gasteiger partial charge in [0, 0.05) is 16.2 Å². The Balaban J connectivity index is 2.08. The van der Waals surface area contributed by atoms with E-state index >= 15 is 0 Å². The minimum Gasteiger partial charge on any atom is -0.497 e. The van der Waals surface area contributed by atoms with Crippen molar-refractivity contribution in [3.63, 3.8) is 0 Å². The third-order valence-electron chi connectivity index (χ3n) is 2.35. The van der Waals surface area contributed by atoms with E-state index in [2.05, 4.69) is 42.2 Å². The Morgan fingerprint density at radius 3 is 2.78 bits per heavy atom. The molecule has 0 atom stereocenters. The lowest BCUT2D eigenvalue weighted by Gasteiger charge is -2.09. The van der Waals surface area contributed by atoms with Gasteiger partial charge in [-0.2, -0.15) is 0 Å². The minimum absolute atomic E-state index is 0.666. The van der Waals surface area contributed by atoms with E-state index in [0.717, 1.165) is 26.2 Å². The largest absolute Gasteiger partial charge is 0.497 e. The summed E-state index contributed by atoms with van der Waals surface area (Å²) >= 11 is 6.80. The number of anilines is 1. The number of rotatable bonds is 4. The SMILES string of the molecule is COc1cc(Br)cc(NCc2cccc(Br)n2)c1. The van der Waals surface area contributed by atoms with Crippen LogP contribution < -0.4 is 10.1 Å². The summed E-state index contributed by atoms with van der Waals surface area (Å²) in [5.41, 5.74) is 1.96. The molecular formula is C13H12Br2N2O. The summed E-state index contributed by atoms with van der Waals surface area (Å²) in [4.78, 5) is 4.36. The van der Waals surface area contributed by atoms with Crippen LogP contribution in [0.15, 0.2) is 45.5 Å². The van der Waals surface area contributed by atoms with Crippen LogP contribution in [0.25, 0.3) is 0 Å². The topological polar surface area (TPSA) is 34.1 Å². The van der Waals surface area contributed by atoms with Gasteiger partial charge in [0.1, 0.15) is 10.4 Å². The van der Waals surface area contributed by atoms with E-state index in [1.807, 2.05) is 36.4 Å². The van der Waals surface area contributed by atoms with Gasteiger partial charge >= 0.3 is 0 Å². The van der Waals surface area contributed by atoms with Crippen LogP contribution in [0, 0.1) is 0 Å². The highest BCUT2D eigenvalue weighted by atomic mass is 79.9. The zero-order chi connectivity index (χ0) is 13.0. The van der Waals surface area contributed by atoms with E-state index in [9.17, 15) is 0 Å². The van der Waals surface area contributed by atoms with Gasteiger partial charge < -0.3 is 10.1 Å². The first-order chi connectivity index (χ1) is 8.67. The Labute approximate surface area is 123 Å². The first-order valence-corrected chi connectivity index (χ1v) is 6.96. The zero-order valence-electron chi connectivity index (χ0n) is 9.78. The summed E-state index contributed by atoms with van der Waals surface area (Å²) in [7, 11) is 1.65. The van der Waals surface area contributed by atoms with E-state index in [1.54, 1.807) is 7.11 Å². The van der Waals surface area contributed by atoms with Crippen LogP contribution in [0.3, 0.4) is 0 Å². The molecule has 0 unspecified atom stereocenters. The Morgan fingerprint density at radius 1 is 1.22 bits per heavy atom. The molecule has 0 saturated heterocycles. The zero-order valence-corrected chi connectivity index (χ0v) is 13.0. The molecule has 0 spiro atoms. The van der Waals surface area contributed by atoms with E-state index in [0.29, 0.717) is 6.54 Å². The van der Waals surface area contributed by atoms with Crippen molar-refractivity contribution in [1.82, 2.24) is 4.98 Å². The molecule has 2 aromatic rings. The Kier molecular flexibility index (Phi) is 4.60. The fraction of sp³-hybridized carbons (Fsp3) is 0.154. The van der Waals surface area contributed by atoms with Crippen molar-refractivity contribution in [2.45, 2.75) is 6.54 Å². The van der Waals surface area contributed by atoms with Crippen molar-refractivity contribution in [2.75, 3.05) is 12.4 Å². The van der Waals surface area contributed by atoms with E-state index < -0.39 is 0 Å². The maximum atomic E-state index is 5.21. The molecule has 5 heteroatoms. The fourth-order valence-electron chi connectivity index (χ4n) is 1.52. The van der Waals surface area contributed by atoms with E-state index in [4.69, 9.17) is 4.74 Å². The van der Waals surface area contributed by atoms with Crippen molar-refractivity contribution in [3.05, 3.63) is 51.2 Å². The molecular weight excluding hydrogens is 360 g/mol. The maximum Gasteiger partial charge on any atom is 0.122 e. The highest BCUT2D eigenvalue weighted by Crippen LogP contribution is 2.24. The summed E-state index contributed by atoms with van der Waals surface area (Å²) in [5, 5.41) is 3.31. The molecule has 2 rings (SSSR count). The van der Waals surface area contributed by atoms with E-state index in [-0.39, 0.29) is 0 Å². The number of halogens is 2. The van der Waals surface area contributed by atoms with Gasteiger partial charge in [-0.1, -0.05) is 22.0 Å². The van der Waals surface area contributed by atoms with Crippen molar-refractivity contribution in [2.24, 2.45) is 0 Å². The van der Waals surface area contributed by atoms with Crippen molar-refractivity contribution >= 4 is 37.5 Å². The highest BCUT2D eigenvalue weighted by molar-refractivity contribution is 9.10. The number of ether oxygens (including phenoxy) is 1. The lowest BCUT2D eigenvalue weighted by Crippen LogP contribution is -2.01. The monoisotopic (exact) mass is 370 g/mol. The molecule has 0 bridgehead atoms. The second-order valence-corrected chi connectivity index (χ2v) is 5.41. The molecule has 0 saturated carbocycles. The third kappa shape index (κ3) is 3.71. The number of pyridine rings is 1. The van der Waals surface area contributed by atoms with E-state index in [1.165, 1.54) is 0 Å². The van der Waals surface area contributed by atoms with Crippen LogP contribution in [-0.4, -0.2) is 12.1 Å². The van der Waals surface area contributed by atoms with Gasteiger partial charge in [-0.25, -0.2) is 4.98 Å². The predicted octanol–water partition coefficient (Wildman–Crippen LogP) is 4.23. The molecule has 0 aliphatic carbocycles. The molecule has 3 nitrogen and oxygen atoms in total. The summed E-state index contributed by atoms with van der Waals surface area (Å²) in [6.45, 7) is 0.666. The molecule has 0 radical (unpaired) electrons. The lowest BCUT2D eigenvalue weighted by molar-refractivity contribution is 0.414. The van der Waals surface area contributed by atoms with Crippen LogP contribution in [0.5, 0.6) is 5.75 Å². The average molecular weight is 372 g/mol. The fourth-order valence-corrected chi connectivity index (χ4v) is 2.38. The molecule has 1 aromatic heterocycles. The first-order valence-electron chi connectivity index (χ1n) is 5.37. The first kappa shape index (κ1) is 13.4. The summed E-state index contributed by atoms with van der Waals surface area (Å²) in [6, 6.07) is 11.7. The Hall–Kier alpha value is -1.07. The number of hydrogen-bond acceptors (Lipinski definition) is 3. The normalized spacial score (nSPS) is 10.2. The van der Waals surface area contributed by atoms with Crippen molar-refractivity contribution in [1.29, 1.82) is 0 Å². The predicted molar refractivity (Wildman–Crippen MR) is 80.0 cm³/mol. The molecule has 0 aliphatic heterocycles. The van der Waals surface area contributed by atoms with Gasteiger partial charge in [-0.3, -0.25) is 0 Å². The average Bonchev–Trinajstić information content (AvgIpc) is 2.36. The van der Waals surface area contributed by atoms with Crippen molar-refractivity contribution < 1.29 is 4.74 Å². The van der Waals surface area contributed by atoms with Gasteiger partial charge in [0.15, 0.2) is 0 Å². The molecule has 1 heterocycles. The summed E-state index contributed by atoms with van der Waals surface area (Å²) < 4.78 is 7.03. The highest BCUT2D eigenvalue weighted by Gasteiger charge is 2.00. The second-order valence-electron chi connectivity index (χ2n) is 3.68. The van der Waals surface area contributed by atoms with Gasteiger partial charge in [-0.15, -0.1) is 0 Å². The molecule has 94 valence electrons. The van der Waals surface area contributed by atoms with Crippen LogP contribution in [0.1, 0.15) is 5.69 Å². The molecule has 1 N–H and O–H groups in total. The maximum absolute atomic E-state index is 5.21. The molecule has 0 aliphatic rings. The van der Waals surface area contributed by atoms with Gasteiger partial charge in [0.25, 0.3) is 0 Å². The number of nitrogens with one attached hydrogen (secondary N) is 1. The third-order valence-corrected chi connectivity index (χ3v) is 3.25. The number of methoxy groups -OCH3 is 1. The van der Waals surface area contributed by atoms with Gasteiger partial charge in [0.2, 0.25) is 0 Å². The molecule has 1 aromatic carbocycles. The minimum atomic E-state index is 0.666. The second kappa shape index (κ2) is 6.20. The molecule has 0 amide bonds. The van der Waals surface area contributed by atoms with Crippen LogP contribution in [-0.2, 0) is 6.54 Å². The Morgan fingerprint density at radius 2 is 2.06 bits per heavy atom. The molecule has 18 heavy (non-hydrogen) atoms. The Bertz CT molecular complexity index is 546. The number of aromatic nitrogens is 1.